The van der Waals surface area contributed by atoms with Gasteiger partial charge in [0.15, 0.2) is 0 Å². The van der Waals surface area contributed by atoms with Crippen LogP contribution < -0.4 is 10.4 Å². The van der Waals surface area contributed by atoms with Gasteiger partial charge in [-0.2, -0.15) is 0 Å². The lowest BCUT2D eigenvalue weighted by Gasteiger charge is -2.43. The van der Waals surface area contributed by atoms with E-state index in [1.807, 2.05) is 37.1 Å². The van der Waals surface area contributed by atoms with Crippen LogP contribution in [-0.4, -0.2) is 78.8 Å². The number of rotatable bonds is 4. The van der Waals surface area contributed by atoms with E-state index in [-0.39, 0.29) is 5.91 Å². The summed E-state index contributed by atoms with van der Waals surface area (Å²) in [6.07, 6.45) is 8.09. The van der Waals surface area contributed by atoms with Gasteiger partial charge in [0.2, 0.25) is 11.9 Å². The van der Waals surface area contributed by atoms with E-state index < -0.39 is 0 Å². The number of aromatic nitrogens is 2. The normalized spacial score (nSPS) is 19.9. The van der Waals surface area contributed by atoms with Crippen LogP contribution in [0.15, 0.2) is 24.4 Å². The van der Waals surface area contributed by atoms with Crippen LogP contribution in [0.3, 0.4) is 0 Å². The molecule has 0 unspecified atom stereocenters. The van der Waals surface area contributed by atoms with Crippen LogP contribution >= 0.6 is 11.6 Å². The van der Waals surface area contributed by atoms with Crippen molar-refractivity contribution in [3.63, 3.8) is 0 Å². The molecule has 1 saturated carbocycles. The number of halogens is 1. The van der Waals surface area contributed by atoms with E-state index in [1.54, 1.807) is 0 Å². The number of carbonyl (C=O) groups excluding carboxylic acids is 1. The first kappa shape index (κ1) is 21.7. The summed E-state index contributed by atoms with van der Waals surface area (Å²) in [7, 11) is 2.03. The van der Waals surface area contributed by atoms with Gasteiger partial charge in [-0.25, -0.2) is 9.97 Å². The second kappa shape index (κ2) is 9.40. The van der Waals surface area contributed by atoms with Crippen LogP contribution in [0.1, 0.15) is 36.1 Å². The number of hydrogen-bond acceptors (Lipinski definition) is 5. The van der Waals surface area contributed by atoms with Gasteiger partial charge in [0.25, 0.3) is 0 Å². The second-order valence-electron chi connectivity index (χ2n) is 9.38. The van der Waals surface area contributed by atoms with Gasteiger partial charge in [-0.05, 0) is 42.5 Å². The fourth-order valence-corrected chi connectivity index (χ4v) is 5.21. The van der Waals surface area contributed by atoms with Crippen molar-refractivity contribution in [3.05, 3.63) is 46.2 Å². The zero-order valence-electron chi connectivity index (χ0n) is 18.9. The van der Waals surface area contributed by atoms with E-state index in [0.717, 1.165) is 67.7 Å². The number of piperazine rings is 1. The molecule has 1 saturated heterocycles. The Morgan fingerprint density at radius 2 is 1.88 bits per heavy atom. The minimum atomic E-state index is 0.156. The average Bonchev–Trinajstić information content (AvgIpc) is 2.98. The van der Waals surface area contributed by atoms with Crippen molar-refractivity contribution >= 4 is 36.8 Å². The average molecular weight is 452 g/mol. The van der Waals surface area contributed by atoms with Gasteiger partial charge in [0.1, 0.15) is 7.85 Å². The number of anilines is 1. The van der Waals surface area contributed by atoms with Crippen LogP contribution in [0.5, 0.6) is 0 Å². The van der Waals surface area contributed by atoms with Gasteiger partial charge in [-0.15, -0.1) is 0 Å². The monoisotopic (exact) mass is 451 g/mol. The smallest absolute Gasteiger partial charge is 0.226 e. The highest BCUT2D eigenvalue weighted by Gasteiger charge is 2.29. The van der Waals surface area contributed by atoms with Crippen LogP contribution in [0, 0.1) is 0 Å². The Labute approximate surface area is 196 Å². The van der Waals surface area contributed by atoms with Crippen molar-refractivity contribution < 1.29 is 4.79 Å². The molecule has 6 nitrogen and oxygen atoms in total. The van der Waals surface area contributed by atoms with Gasteiger partial charge in [-0.1, -0.05) is 29.6 Å². The summed E-state index contributed by atoms with van der Waals surface area (Å²) in [6.45, 7) is 5.63. The minimum absolute atomic E-state index is 0.156. The summed E-state index contributed by atoms with van der Waals surface area (Å²) in [5, 5.41) is 0.679. The first-order chi connectivity index (χ1) is 15.6. The Balaban J connectivity index is 1.21. The number of amides is 1. The molecule has 1 amide bonds. The standard InChI is InChI=1S/C24H31BClN5O/c25-21-5-4-19(26)14-18(21)15-23(32)30-8-6-17-16-27-24(28-22(17)7-9-30)31-12-10-29(11-13-31)20-2-1-3-20/h4-5,14,16,20H,1-3,6-13,15,25H2. The highest BCUT2D eigenvalue weighted by Crippen LogP contribution is 2.26. The Morgan fingerprint density at radius 3 is 2.62 bits per heavy atom. The van der Waals surface area contributed by atoms with Crippen LogP contribution in [0.25, 0.3) is 0 Å². The minimum Gasteiger partial charge on any atom is -0.342 e. The topological polar surface area (TPSA) is 52.6 Å². The third kappa shape index (κ3) is 4.64. The molecule has 0 N–H and O–H groups in total. The number of carbonyl (C=O) groups is 1. The molecular formula is C24H31BClN5O. The molecule has 3 heterocycles. The molecule has 0 atom stereocenters. The zero-order valence-corrected chi connectivity index (χ0v) is 19.7. The van der Waals surface area contributed by atoms with E-state index in [0.29, 0.717) is 24.5 Å². The molecule has 168 valence electrons. The molecule has 2 fully saturated rings. The summed E-state index contributed by atoms with van der Waals surface area (Å²) in [6, 6.07) is 6.57. The predicted molar refractivity (Wildman–Crippen MR) is 131 cm³/mol. The molecule has 32 heavy (non-hydrogen) atoms. The lowest BCUT2D eigenvalue weighted by atomic mass is 9.89. The fourth-order valence-electron chi connectivity index (χ4n) is 5.01. The number of fused-ring (bicyclic) bond motifs is 1. The maximum atomic E-state index is 13.0. The van der Waals surface area contributed by atoms with E-state index in [2.05, 4.69) is 9.80 Å². The molecule has 1 aliphatic carbocycles. The van der Waals surface area contributed by atoms with Crippen molar-refractivity contribution in [2.24, 2.45) is 0 Å². The lowest BCUT2D eigenvalue weighted by Crippen LogP contribution is -2.52. The van der Waals surface area contributed by atoms with Crippen LogP contribution in [0.4, 0.5) is 5.95 Å². The third-order valence-corrected chi connectivity index (χ3v) is 7.64. The maximum absolute atomic E-state index is 13.0. The van der Waals surface area contributed by atoms with E-state index in [1.165, 1.54) is 24.8 Å². The van der Waals surface area contributed by atoms with Crippen LogP contribution in [0.2, 0.25) is 5.02 Å². The molecule has 0 radical (unpaired) electrons. The third-order valence-electron chi connectivity index (χ3n) is 7.40. The number of hydrogen-bond donors (Lipinski definition) is 0. The zero-order chi connectivity index (χ0) is 22.1. The van der Waals surface area contributed by atoms with Crippen molar-refractivity contribution in [2.75, 3.05) is 44.2 Å². The molecular weight excluding hydrogens is 421 g/mol. The van der Waals surface area contributed by atoms with Gasteiger partial charge in [-0.3, -0.25) is 9.69 Å². The first-order valence-corrected chi connectivity index (χ1v) is 12.3. The van der Waals surface area contributed by atoms with Gasteiger partial charge in [0.05, 0.1) is 12.1 Å². The molecule has 3 aliphatic rings. The Hall–Kier alpha value is -2.12. The van der Waals surface area contributed by atoms with Gasteiger partial charge >= 0.3 is 0 Å². The Bertz CT molecular complexity index is 990. The molecule has 2 aromatic rings. The highest BCUT2D eigenvalue weighted by molar-refractivity contribution is 6.35. The maximum Gasteiger partial charge on any atom is 0.226 e. The Morgan fingerprint density at radius 1 is 1.09 bits per heavy atom. The van der Waals surface area contributed by atoms with Crippen LogP contribution in [-0.2, 0) is 24.1 Å². The molecule has 8 heteroatoms. The van der Waals surface area contributed by atoms with Crippen molar-refractivity contribution in [2.45, 2.75) is 44.6 Å². The SMILES string of the molecule is Bc1ccc(Cl)cc1CC(=O)N1CCc2cnc(N3CCN(C4CCC4)CC3)nc2CC1. The number of nitrogens with zero attached hydrogens (tertiary/aromatic N) is 5. The summed E-state index contributed by atoms with van der Waals surface area (Å²) < 4.78 is 0. The lowest BCUT2D eigenvalue weighted by molar-refractivity contribution is -0.130. The molecule has 0 bridgehead atoms. The van der Waals surface area contributed by atoms with E-state index in [9.17, 15) is 4.79 Å². The van der Waals surface area contributed by atoms with Crippen molar-refractivity contribution in [3.8, 4) is 0 Å². The van der Waals surface area contributed by atoms with E-state index >= 15 is 0 Å². The summed E-state index contributed by atoms with van der Waals surface area (Å²) in [4.78, 5) is 29.6. The summed E-state index contributed by atoms with van der Waals surface area (Å²) in [5.41, 5.74) is 4.39. The highest BCUT2D eigenvalue weighted by atomic mass is 35.5. The summed E-state index contributed by atoms with van der Waals surface area (Å²) in [5.74, 6) is 1.01. The van der Waals surface area contributed by atoms with E-state index in [4.69, 9.17) is 21.6 Å². The van der Waals surface area contributed by atoms with Crippen molar-refractivity contribution in [1.82, 2.24) is 19.8 Å². The first-order valence-electron chi connectivity index (χ1n) is 11.9. The molecule has 1 aromatic heterocycles. The number of benzene rings is 1. The Kier molecular flexibility index (Phi) is 6.38. The van der Waals surface area contributed by atoms with Gasteiger partial charge in [0, 0.05) is 63.0 Å². The predicted octanol–water partition coefficient (Wildman–Crippen LogP) is 1.23. The second-order valence-corrected chi connectivity index (χ2v) is 9.81. The van der Waals surface area contributed by atoms with Gasteiger partial charge < -0.3 is 9.80 Å². The van der Waals surface area contributed by atoms with Crippen molar-refractivity contribution in [1.29, 1.82) is 0 Å². The molecule has 5 rings (SSSR count). The largest absolute Gasteiger partial charge is 0.342 e. The molecule has 2 aliphatic heterocycles. The molecule has 1 aromatic carbocycles. The quantitative estimate of drug-likeness (QED) is 0.655. The molecule has 0 spiro atoms. The fraction of sp³-hybridized carbons (Fsp3) is 0.542. The summed E-state index contributed by atoms with van der Waals surface area (Å²) >= 11 is 6.14.